The number of nitrogens with one attached hydrogen (secondary N) is 2. The van der Waals surface area contributed by atoms with E-state index in [1.54, 1.807) is 11.0 Å². The molecule has 1 saturated heterocycles. The molecule has 1 fully saturated rings. The van der Waals surface area contributed by atoms with E-state index in [9.17, 15) is 24.6 Å². The maximum absolute atomic E-state index is 12.3. The molecule has 0 aliphatic carbocycles. The van der Waals surface area contributed by atoms with Crippen molar-refractivity contribution in [1.29, 1.82) is 0 Å². The minimum atomic E-state index is -1.34. The van der Waals surface area contributed by atoms with Gasteiger partial charge in [-0.05, 0) is 103 Å². The van der Waals surface area contributed by atoms with E-state index in [2.05, 4.69) is 16.9 Å². The molecule has 0 saturated carbocycles. The van der Waals surface area contributed by atoms with Crippen LogP contribution in [0.15, 0.2) is 37.1 Å². The van der Waals surface area contributed by atoms with E-state index in [0.29, 0.717) is 24.8 Å². The Morgan fingerprint density at radius 3 is 2.29 bits per heavy atom. The first-order valence-electron chi connectivity index (χ1n) is 14.7. The van der Waals surface area contributed by atoms with Crippen LogP contribution in [0.1, 0.15) is 89.1 Å². The van der Waals surface area contributed by atoms with E-state index in [-0.39, 0.29) is 36.5 Å². The van der Waals surface area contributed by atoms with Crippen molar-refractivity contribution in [2.24, 2.45) is 5.92 Å². The zero-order valence-corrected chi connectivity index (χ0v) is 26.1. The Balaban J connectivity index is 0.000000487. The summed E-state index contributed by atoms with van der Waals surface area (Å²) < 4.78 is 5.21. The van der Waals surface area contributed by atoms with Crippen LogP contribution >= 0.6 is 0 Å². The van der Waals surface area contributed by atoms with Crippen molar-refractivity contribution in [1.82, 2.24) is 15.2 Å². The molecule has 42 heavy (non-hydrogen) atoms. The molecule has 2 aromatic rings. The molecule has 3 rings (SSSR count). The van der Waals surface area contributed by atoms with Gasteiger partial charge in [-0.1, -0.05) is 13.0 Å². The maximum Gasteiger partial charge on any atom is 0.410 e. The molecule has 3 atom stereocenters. The van der Waals surface area contributed by atoms with Crippen molar-refractivity contribution >= 4 is 28.9 Å². The second kappa shape index (κ2) is 18.2. The summed E-state index contributed by atoms with van der Waals surface area (Å²) >= 11 is 0. The minimum Gasteiger partial charge on any atom is -0.479 e. The Morgan fingerprint density at radius 2 is 1.71 bits per heavy atom. The number of allylic oxidation sites excluding steroid dienone is 1. The fourth-order valence-corrected chi connectivity index (χ4v) is 4.32. The minimum absolute atomic E-state index is 0.160. The van der Waals surface area contributed by atoms with Crippen LogP contribution in [0.4, 0.5) is 4.79 Å². The summed E-state index contributed by atoms with van der Waals surface area (Å²) in [7, 11) is 0. The van der Waals surface area contributed by atoms with E-state index in [4.69, 9.17) is 9.84 Å². The molecule has 236 valence electrons. The van der Waals surface area contributed by atoms with Crippen LogP contribution in [-0.4, -0.2) is 80.6 Å². The predicted octanol–water partition coefficient (Wildman–Crippen LogP) is 5.42. The number of hydrogen-bond donors (Lipinski definition) is 5. The molecule has 10 heteroatoms. The number of rotatable bonds is 10. The molecular formula is C32H51N3O7. The lowest BCUT2D eigenvalue weighted by Gasteiger charge is -2.23. The highest BCUT2D eigenvalue weighted by atomic mass is 16.6. The van der Waals surface area contributed by atoms with E-state index in [1.807, 2.05) is 65.9 Å². The van der Waals surface area contributed by atoms with Gasteiger partial charge in [0.1, 0.15) is 5.60 Å². The number of carbonyl (C=O) groups is 3. The number of hydrogen-bond acceptors (Lipinski definition) is 6. The Bertz CT molecular complexity index is 1130. The van der Waals surface area contributed by atoms with Crippen LogP contribution in [0.3, 0.4) is 0 Å². The summed E-state index contributed by atoms with van der Waals surface area (Å²) in [6, 6.07) is 5.55. The Morgan fingerprint density at radius 1 is 1.12 bits per heavy atom. The summed E-state index contributed by atoms with van der Waals surface area (Å²) in [5.41, 5.74) is 2.19. The number of benzene rings is 1. The van der Waals surface area contributed by atoms with E-state index < -0.39 is 18.2 Å². The zero-order valence-electron chi connectivity index (χ0n) is 26.1. The number of aliphatic hydroxyl groups is 2. The molecule has 10 nitrogen and oxygen atoms in total. The van der Waals surface area contributed by atoms with Crippen molar-refractivity contribution in [3.05, 3.63) is 48.2 Å². The van der Waals surface area contributed by atoms with Crippen molar-refractivity contribution in [2.45, 2.75) is 97.9 Å². The molecular weight excluding hydrogens is 538 g/mol. The van der Waals surface area contributed by atoms with Gasteiger partial charge in [-0.3, -0.25) is 4.79 Å². The average Bonchev–Trinajstić information content (AvgIpc) is 3.62. The number of nitrogens with zero attached hydrogens (tertiary/aromatic N) is 1. The van der Waals surface area contributed by atoms with Crippen molar-refractivity contribution < 1.29 is 34.4 Å². The molecule has 0 spiro atoms. The van der Waals surface area contributed by atoms with Crippen LogP contribution in [-0.2, 0) is 9.53 Å². The molecule has 1 aromatic carbocycles. The standard InChI is InChI=1S/C20H28N2O5.C9H17NO2.C3H6/c1-12(4-6-17(24)20(26)27)3-5-16(23)11-22-19(25)15-9-13(2)18-14(10-15)7-8-21-18;1-9(2,3)12-8(11)10-6-4-5-7-10;1-3-2/h7-10,12,16-17,21,23-24H,3-6,11H2,1-2H3,(H,22,25)(H,26,27);4-7H2,1-3H3;3H,1H2,2H3. The van der Waals surface area contributed by atoms with Gasteiger partial charge in [0.2, 0.25) is 0 Å². The Labute approximate surface area is 250 Å². The van der Waals surface area contributed by atoms with Gasteiger partial charge in [-0.2, -0.15) is 0 Å². The molecule has 1 aromatic heterocycles. The number of carboxylic acids is 1. The van der Waals surface area contributed by atoms with Gasteiger partial charge in [0.25, 0.3) is 5.91 Å². The van der Waals surface area contributed by atoms with Crippen molar-refractivity contribution in [3.63, 3.8) is 0 Å². The molecule has 5 N–H and O–H groups in total. The third-order valence-electron chi connectivity index (χ3n) is 6.59. The van der Waals surface area contributed by atoms with Gasteiger partial charge in [0.05, 0.1) is 6.10 Å². The number of aryl methyl sites for hydroxylation is 1. The summed E-state index contributed by atoms with van der Waals surface area (Å²) in [6.07, 6.45) is 5.60. The molecule has 2 amide bonds. The number of aromatic nitrogens is 1. The van der Waals surface area contributed by atoms with Crippen molar-refractivity contribution in [3.8, 4) is 0 Å². The lowest BCUT2D eigenvalue weighted by Crippen LogP contribution is -2.34. The van der Waals surface area contributed by atoms with Gasteiger partial charge in [0, 0.05) is 42.3 Å². The summed E-state index contributed by atoms with van der Waals surface area (Å²) in [6.45, 7) is 16.7. The normalized spacial score (nSPS) is 14.9. The van der Waals surface area contributed by atoms with Gasteiger partial charge in [-0.15, -0.1) is 6.58 Å². The fraction of sp³-hybridized carbons (Fsp3) is 0.594. The predicted molar refractivity (Wildman–Crippen MR) is 166 cm³/mol. The highest BCUT2D eigenvalue weighted by Crippen LogP contribution is 2.20. The quantitative estimate of drug-likeness (QED) is 0.232. The van der Waals surface area contributed by atoms with Gasteiger partial charge >= 0.3 is 12.1 Å². The first kappa shape index (κ1) is 36.7. The van der Waals surface area contributed by atoms with Gasteiger partial charge < -0.3 is 35.3 Å². The average molecular weight is 590 g/mol. The lowest BCUT2D eigenvalue weighted by molar-refractivity contribution is -0.147. The summed E-state index contributed by atoms with van der Waals surface area (Å²) in [5.74, 6) is -1.25. The number of aliphatic hydroxyl groups excluding tert-OH is 2. The monoisotopic (exact) mass is 589 g/mol. The Kier molecular flexibility index (Phi) is 15.9. The smallest absolute Gasteiger partial charge is 0.410 e. The summed E-state index contributed by atoms with van der Waals surface area (Å²) in [5, 5.41) is 31.8. The van der Waals surface area contributed by atoms with E-state index in [1.165, 1.54) is 0 Å². The first-order valence-corrected chi connectivity index (χ1v) is 14.7. The number of aliphatic carboxylic acids is 1. The van der Waals surface area contributed by atoms with Crippen LogP contribution in [0.2, 0.25) is 0 Å². The van der Waals surface area contributed by atoms with E-state index in [0.717, 1.165) is 42.4 Å². The van der Waals surface area contributed by atoms with Crippen LogP contribution < -0.4 is 5.32 Å². The number of fused-ring (bicyclic) bond motifs is 1. The fourth-order valence-electron chi connectivity index (χ4n) is 4.32. The number of aromatic amines is 1. The van der Waals surface area contributed by atoms with Crippen LogP contribution in [0.25, 0.3) is 10.9 Å². The SMILES string of the molecule is C=CC.CC(C)(C)OC(=O)N1CCCC1.Cc1cc(C(=O)NCC(O)CCC(C)CCC(O)C(=O)O)cc2cc[nH]c12. The second-order valence-corrected chi connectivity index (χ2v) is 11.8. The molecule has 1 aliphatic rings. The maximum atomic E-state index is 12.3. The molecule has 3 unspecified atom stereocenters. The number of amides is 2. The molecule has 0 radical (unpaired) electrons. The number of likely N-dealkylation sites (tertiary alicyclic amines) is 1. The molecule has 2 heterocycles. The largest absolute Gasteiger partial charge is 0.479 e. The Hall–Kier alpha value is -3.37. The highest BCUT2D eigenvalue weighted by Gasteiger charge is 2.24. The van der Waals surface area contributed by atoms with Gasteiger partial charge in [-0.25, -0.2) is 9.59 Å². The topological polar surface area (TPSA) is 152 Å². The van der Waals surface area contributed by atoms with E-state index >= 15 is 0 Å². The van der Waals surface area contributed by atoms with Crippen molar-refractivity contribution in [2.75, 3.05) is 19.6 Å². The molecule has 1 aliphatic heterocycles. The third kappa shape index (κ3) is 14.0. The van der Waals surface area contributed by atoms with Crippen LogP contribution in [0, 0.1) is 12.8 Å². The highest BCUT2D eigenvalue weighted by molar-refractivity contribution is 5.99. The lowest BCUT2D eigenvalue weighted by atomic mass is 9.96. The van der Waals surface area contributed by atoms with Gasteiger partial charge in [0.15, 0.2) is 6.10 Å². The summed E-state index contributed by atoms with van der Waals surface area (Å²) in [4.78, 5) is 39.2. The number of ether oxygens (including phenoxy) is 1. The second-order valence-electron chi connectivity index (χ2n) is 11.8. The van der Waals surface area contributed by atoms with Crippen LogP contribution in [0.5, 0.6) is 0 Å². The zero-order chi connectivity index (χ0) is 31.9. The number of carboxylic acid groups (broad SMARTS) is 1. The number of H-pyrrole nitrogens is 1. The molecule has 0 bridgehead atoms. The third-order valence-corrected chi connectivity index (χ3v) is 6.59. The first-order chi connectivity index (χ1) is 19.7. The number of carbonyl (C=O) groups excluding carboxylic acids is 2.